The highest BCUT2D eigenvalue weighted by atomic mass is 16.3. The van der Waals surface area contributed by atoms with Crippen LogP contribution in [0, 0.1) is 6.92 Å². The first-order valence-corrected chi connectivity index (χ1v) is 8.22. The van der Waals surface area contributed by atoms with Crippen LogP contribution >= 0.6 is 0 Å². The lowest BCUT2D eigenvalue weighted by molar-refractivity contribution is 0.0749. The van der Waals surface area contributed by atoms with Gasteiger partial charge in [-0.1, -0.05) is 24.3 Å². The Labute approximate surface area is 149 Å². The number of rotatable bonds is 3. The second-order valence-corrected chi connectivity index (χ2v) is 6.37. The van der Waals surface area contributed by atoms with Gasteiger partial charge in [-0.2, -0.15) is 5.10 Å². The van der Waals surface area contributed by atoms with Crippen LogP contribution in [0.3, 0.4) is 0 Å². The smallest absolute Gasteiger partial charge is 0.260 e. The number of aromatic hydroxyl groups is 2. The minimum Gasteiger partial charge on any atom is -0.508 e. The molecule has 0 bridgehead atoms. The lowest BCUT2D eigenvalue weighted by atomic mass is 10.1. The van der Waals surface area contributed by atoms with Crippen LogP contribution in [0.1, 0.15) is 27.2 Å². The molecule has 26 heavy (non-hydrogen) atoms. The van der Waals surface area contributed by atoms with Gasteiger partial charge in [-0.25, -0.2) is 0 Å². The van der Waals surface area contributed by atoms with Crippen molar-refractivity contribution >= 4 is 17.4 Å². The molecule has 1 amide bonds. The van der Waals surface area contributed by atoms with E-state index < -0.39 is 0 Å². The number of H-pyrrole nitrogens is 1. The fraction of sp³-hybridized carbons (Fsp3) is 0.158. The van der Waals surface area contributed by atoms with Gasteiger partial charge in [-0.05, 0) is 18.1 Å². The number of phenolic OH excluding ortho intramolecular Hbond substituents is 2. The molecule has 0 unspecified atom stereocenters. The van der Waals surface area contributed by atoms with Crippen molar-refractivity contribution < 1.29 is 15.0 Å². The average Bonchev–Trinajstić information content (AvgIpc) is 3.20. The lowest BCUT2D eigenvalue weighted by Gasteiger charge is -2.19. The molecular formula is C19H18N4O3. The predicted octanol–water partition coefficient (Wildman–Crippen LogP) is 3.03. The summed E-state index contributed by atoms with van der Waals surface area (Å²) in [5, 5.41) is 30.0. The molecule has 0 spiro atoms. The zero-order chi connectivity index (χ0) is 18.3. The molecule has 0 saturated heterocycles. The van der Waals surface area contributed by atoms with E-state index in [0.717, 1.165) is 16.8 Å². The number of phenols is 2. The van der Waals surface area contributed by atoms with E-state index in [1.807, 2.05) is 31.2 Å². The molecule has 1 aromatic heterocycles. The minimum absolute atomic E-state index is 0.114. The topological polar surface area (TPSA) is 101 Å². The number of hydrogen-bond donors (Lipinski definition) is 4. The Hall–Kier alpha value is -3.48. The van der Waals surface area contributed by atoms with Crippen molar-refractivity contribution in [3.8, 4) is 11.5 Å². The third kappa shape index (κ3) is 2.83. The lowest BCUT2D eigenvalue weighted by Crippen LogP contribution is -2.26. The zero-order valence-corrected chi connectivity index (χ0v) is 14.2. The number of carbonyl (C=O) groups is 1. The molecule has 0 fully saturated rings. The summed E-state index contributed by atoms with van der Waals surface area (Å²) in [7, 11) is 0. The second-order valence-electron chi connectivity index (χ2n) is 6.37. The van der Waals surface area contributed by atoms with Crippen LogP contribution in [0.25, 0.3) is 0 Å². The van der Waals surface area contributed by atoms with E-state index in [0.29, 0.717) is 24.6 Å². The molecule has 2 heterocycles. The van der Waals surface area contributed by atoms with Gasteiger partial charge in [0.2, 0.25) is 0 Å². The van der Waals surface area contributed by atoms with Crippen LogP contribution in [-0.4, -0.2) is 31.2 Å². The summed E-state index contributed by atoms with van der Waals surface area (Å²) in [6.07, 6.45) is 0. The van der Waals surface area contributed by atoms with Crippen LogP contribution in [0.4, 0.5) is 11.5 Å². The summed E-state index contributed by atoms with van der Waals surface area (Å²) in [4.78, 5) is 14.7. The van der Waals surface area contributed by atoms with Crippen LogP contribution in [0.5, 0.6) is 11.5 Å². The summed E-state index contributed by atoms with van der Waals surface area (Å²) in [6, 6.07) is 12.2. The molecule has 1 aliphatic heterocycles. The molecule has 7 heteroatoms. The maximum Gasteiger partial charge on any atom is 0.260 e. The number of hydrogen-bond acceptors (Lipinski definition) is 5. The molecule has 1 aliphatic rings. The molecule has 7 nitrogen and oxygen atoms in total. The van der Waals surface area contributed by atoms with Crippen LogP contribution in [0.15, 0.2) is 42.5 Å². The number of nitrogens with one attached hydrogen (secondary N) is 2. The molecule has 4 rings (SSSR count). The van der Waals surface area contributed by atoms with Crippen molar-refractivity contribution in [3.05, 3.63) is 64.8 Å². The van der Waals surface area contributed by atoms with E-state index in [1.54, 1.807) is 11.0 Å². The number of aromatic nitrogens is 2. The van der Waals surface area contributed by atoms with Crippen LogP contribution in [0.2, 0.25) is 0 Å². The third-order valence-corrected chi connectivity index (χ3v) is 4.42. The largest absolute Gasteiger partial charge is 0.508 e. The Morgan fingerprint density at radius 3 is 2.46 bits per heavy atom. The highest BCUT2D eigenvalue weighted by Crippen LogP contribution is 2.35. The summed E-state index contributed by atoms with van der Waals surface area (Å²) in [5.74, 6) is -0.157. The fourth-order valence-electron chi connectivity index (χ4n) is 3.20. The Balaban J connectivity index is 1.68. The van der Waals surface area contributed by atoms with Gasteiger partial charge in [0.25, 0.3) is 5.91 Å². The zero-order valence-electron chi connectivity index (χ0n) is 14.2. The van der Waals surface area contributed by atoms with Crippen molar-refractivity contribution in [2.24, 2.45) is 0 Å². The highest BCUT2D eigenvalue weighted by Gasteiger charge is 2.28. The van der Waals surface area contributed by atoms with E-state index in [-0.39, 0.29) is 23.0 Å². The number of carbonyl (C=O) groups excluding carboxylic acids is 1. The minimum atomic E-state index is -0.308. The number of amides is 1. The number of fused-ring (bicyclic) bond motifs is 1. The predicted molar refractivity (Wildman–Crippen MR) is 96.4 cm³/mol. The molecule has 0 radical (unpaired) electrons. The first kappa shape index (κ1) is 16.0. The SMILES string of the molecule is Cc1cc(Nc2cc(O)cc(O)c2C(=O)N2Cc3ccccc3C2)[nH]n1. The molecule has 2 aromatic carbocycles. The quantitative estimate of drug-likeness (QED) is 0.582. The van der Waals surface area contributed by atoms with Crippen molar-refractivity contribution in [2.45, 2.75) is 20.0 Å². The van der Waals surface area contributed by atoms with Crippen molar-refractivity contribution in [1.82, 2.24) is 15.1 Å². The highest BCUT2D eigenvalue weighted by molar-refractivity contribution is 6.03. The van der Waals surface area contributed by atoms with Gasteiger partial charge >= 0.3 is 0 Å². The van der Waals surface area contributed by atoms with Gasteiger partial charge < -0.3 is 20.4 Å². The molecule has 3 aromatic rings. The Morgan fingerprint density at radius 2 is 1.85 bits per heavy atom. The number of aromatic amines is 1. The molecule has 4 N–H and O–H groups in total. The maximum absolute atomic E-state index is 13.1. The van der Waals surface area contributed by atoms with Gasteiger partial charge in [0.15, 0.2) is 0 Å². The van der Waals surface area contributed by atoms with Gasteiger partial charge in [0, 0.05) is 31.3 Å². The van der Waals surface area contributed by atoms with E-state index in [9.17, 15) is 15.0 Å². The van der Waals surface area contributed by atoms with Gasteiger partial charge in [0.05, 0.1) is 11.4 Å². The van der Waals surface area contributed by atoms with Crippen LogP contribution in [-0.2, 0) is 13.1 Å². The molecule has 0 saturated carbocycles. The van der Waals surface area contributed by atoms with Crippen molar-refractivity contribution in [2.75, 3.05) is 5.32 Å². The van der Waals surface area contributed by atoms with E-state index in [4.69, 9.17) is 0 Å². The number of anilines is 2. The molecule has 0 aliphatic carbocycles. The first-order chi connectivity index (χ1) is 12.5. The van der Waals surface area contributed by atoms with Gasteiger partial charge in [-0.3, -0.25) is 9.89 Å². The van der Waals surface area contributed by atoms with Crippen molar-refractivity contribution in [3.63, 3.8) is 0 Å². The number of benzene rings is 2. The molecule has 0 atom stereocenters. The monoisotopic (exact) mass is 350 g/mol. The third-order valence-electron chi connectivity index (χ3n) is 4.42. The van der Waals surface area contributed by atoms with E-state index >= 15 is 0 Å². The maximum atomic E-state index is 13.1. The Bertz CT molecular complexity index is 971. The van der Waals surface area contributed by atoms with E-state index in [2.05, 4.69) is 15.5 Å². The normalized spacial score (nSPS) is 12.9. The summed E-state index contributed by atoms with van der Waals surface area (Å²) in [6.45, 7) is 2.80. The van der Waals surface area contributed by atoms with Gasteiger partial charge in [0.1, 0.15) is 22.9 Å². The molecule has 132 valence electrons. The Kier molecular flexibility index (Phi) is 3.76. The summed E-state index contributed by atoms with van der Waals surface area (Å²) < 4.78 is 0. The van der Waals surface area contributed by atoms with E-state index in [1.165, 1.54) is 12.1 Å². The summed E-state index contributed by atoms with van der Waals surface area (Å²) in [5.41, 5.74) is 3.39. The van der Waals surface area contributed by atoms with Gasteiger partial charge in [-0.15, -0.1) is 0 Å². The van der Waals surface area contributed by atoms with Crippen molar-refractivity contribution in [1.29, 1.82) is 0 Å². The molecular weight excluding hydrogens is 332 g/mol. The number of aryl methyl sites for hydroxylation is 1. The second kappa shape index (κ2) is 6.11. The summed E-state index contributed by atoms with van der Waals surface area (Å²) >= 11 is 0. The number of nitrogens with zero attached hydrogens (tertiary/aromatic N) is 2. The van der Waals surface area contributed by atoms with Crippen LogP contribution < -0.4 is 5.32 Å². The fourth-order valence-corrected chi connectivity index (χ4v) is 3.20. The first-order valence-electron chi connectivity index (χ1n) is 8.22. The standard InChI is InChI=1S/C19H18N4O3/c1-11-6-17(22-21-11)20-15-7-14(24)8-16(25)18(15)19(26)23-9-12-4-2-3-5-13(12)10-23/h2-8,24-25H,9-10H2,1H3,(H2,20,21,22). The average molecular weight is 350 g/mol. The Morgan fingerprint density at radius 1 is 1.15 bits per heavy atom.